The fourth-order valence-corrected chi connectivity index (χ4v) is 3.49. The Morgan fingerprint density at radius 1 is 1.19 bits per heavy atom. The van der Waals surface area contributed by atoms with E-state index in [4.69, 9.17) is 0 Å². The van der Waals surface area contributed by atoms with Crippen LogP contribution in [0.4, 0.5) is 11.4 Å². The Morgan fingerprint density at radius 2 is 1.85 bits per heavy atom. The minimum Gasteiger partial charge on any atom is -0.478 e. The molecule has 2 rings (SSSR count). The van der Waals surface area contributed by atoms with Crippen molar-refractivity contribution in [1.29, 1.82) is 0 Å². The molecular weight excluding hydrogens is 372 g/mol. The molecule has 0 spiro atoms. The molecule has 1 aromatic rings. The van der Waals surface area contributed by atoms with Gasteiger partial charge in [-0.05, 0) is 24.6 Å². The van der Waals surface area contributed by atoms with Crippen LogP contribution >= 0.6 is 0 Å². The van der Waals surface area contributed by atoms with Crippen LogP contribution in [0, 0.1) is 0 Å². The molecule has 9 nitrogen and oxygen atoms in total. The molecule has 1 saturated heterocycles. The highest BCUT2D eigenvalue weighted by Crippen LogP contribution is 2.26. The van der Waals surface area contributed by atoms with Gasteiger partial charge in [0.25, 0.3) is 0 Å². The van der Waals surface area contributed by atoms with Crippen LogP contribution < -0.4 is 14.9 Å². The number of carbonyl (C=O) groups excluding carboxylic acids is 1. The fraction of sp³-hybridized carbons (Fsp3) is 0.529. The topological polar surface area (TPSA) is 119 Å². The number of nitrogens with zero attached hydrogens (tertiary/aromatic N) is 2. The van der Waals surface area contributed by atoms with Crippen LogP contribution in [0.2, 0.25) is 0 Å². The van der Waals surface area contributed by atoms with Gasteiger partial charge in [0, 0.05) is 38.4 Å². The maximum absolute atomic E-state index is 11.8. The maximum atomic E-state index is 11.8. The van der Waals surface area contributed by atoms with Gasteiger partial charge in [-0.3, -0.25) is 14.4 Å². The van der Waals surface area contributed by atoms with Crippen molar-refractivity contribution in [2.24, 2.45) is 0 Å². The Balaban J connectivity index is 2.04. The number of nitrogens with one attached hydrogen (secondary N) is 2. The predicted octanol–water partition coefficient (Wildman–Crippen LogP) is 0.405. The number of carbonyl (C=O) groups is 2. The lowest BCUT2D eigenvalue weighted by molar-refractivity contribution is -0.122. The van der Waals surface area contributed by atoms with Gasteiger partial charge in [0.1, 0.15) is 0 Å². The van der Waals surface area contributed by atoms with Gasteiger partial charge in [0.2, 0.25) is 15.9 Å². The molecule has 1 aromatic carbocycles. The Morgan fingerprint density at radius 3 is 2.41 bits per heavy atom. The normalized spacial score (nSPS) is 15.4. The Kier molecular flexibility index (Phi) is 7.03. The van der Waals surface area contributed by atoms with E-state index >= 15 is 0 Å². The molecule has 0 unspecified atom stereocenters. The molecular formula is C17H26N4O5S. The summed E-state index contributed by atoms with van der Waals surface area (Å²) in [5.41, 5.74) is 0.791. The number of carboxylic acid groups (broad SMARTS) is 1. The minimum absolute atomic E-state index is 0.00673. The van der Waals surface area contributed by atoms with E-state index in [2.05, 4.69) is 10.0 Å². The molecule has 0 bridgehead atoms. The van der Waals surface area contributed by atoms with Crippen molar-refractivity contribution in [1.82, 2.24) is 10.2 Å². The molecule has 1 heterocycles. The number of hydrogen-bond acceptors (Lipinski definition) is 6. The third kappa shape index (κ3) is 6.40. The van der Waals surface area contributed by atoms with Gasteiger partial charge < -0.3 is 15.3 Å². The molecule has 1 aliphatic rings. The molecule has 150 valence electrons. The molecule has 1 aliphatic heterocycles. The van der Waals surface area contributed by atoms with Crippen LogP contribution in [0.25, 0.3) is 0 Å². The van der Waals surface area contributed by atoms with E-state index in [1.807, 2.05) is 16.7 Å². The number of carboxylic acids is 1. The van der Waals surface area contributed by atoms with Crippen LogP contribution in [0.15, 0.2) is 18.2 Å². The number of hydrogen-bond donors (Lipinski definition) is 3. The molecule has 0 radical (unpaired) electrons. The van der Waals surface area contributed by atoms with Gasteiger partial charge in [-0.15, -0.1) is 0 Å². The summed E-state index contributed by atoms with van der Waals surface area (Å²) >= 11 is 0. The number of amides is 1. The second-order valence-corrected chi connectivity index (χ2v) is 8.27. The maximum Gasteiger partial charge on any atom is 0.337 e. The zero-order valence-corrected chi connectivity index (χ0v) is 16.4. The Bertz CT molecular complexity index is 789. The molecule has 10 heteroatoms. The largest absolute Gasteiger partial charge is 0.478 e. The number of aromatic carboxylic acids is 1. The molecule has 1 amide bonds. The predicted molar refractivity (Wildman–Crippen MR) is 104 cm³/mol. The van der Waals surface area contributed by atoms with Crippen molar-refractivity contribution < 1.29 is 23.1 Å². The summed E-state index contributed by atoms with van der Waals surface area (Å²) in [5, 5.41) is 12.3. The van der Waals surface area contributed by atoms with E-state index in [0.29, 0.717) is 45.0 Å². The lowest BCUT2D eigenvalue weighted by atomic mass is 10.1. The number of sulfonamides is 1. The third-order valence-electron chi connectivity index (χ3n) is 4.18. The fourth-order valence-electron chi connectivity index (χ4n) is 2.93. The van der Waals surface area contributed by atoms with Crippen molar-refractivity contribution in [2.45, 2.75) is 13.3 Å². The average Bonchev–Trinajstić information content (AvgIpc) is 2.59. The minimum atomic E-state index is -3.48. The zero-order valence-electron chi connectivity index (χ0n) is 15.6. The summed E-state index contributed by atoms with van der Waals surface area (Å²) in [7, 11) is -3.48. The van der Waals surface area contributed by atoms with Crippen LogP contribution in [0.3, 0.4) is 0 Å². The molecule has 27 heavy (non-hydrogen) atoms. The first kappa shape index (κ1) is 21.0. The highest BCUT2D eigenvalue weighted by atomic mass is 32.2. The van der Waals surface area contributed by atoms with Crippen molar-refractivity contribution in [3.63, 3.8) is 0 Å². The van der Waals surface area contributed by atoms with E-state index in [1.54, 1.807) is 12.1 Å². The lowest BCUT2D eigenvalue weighted by Crippen LogP contribution is -2.49. The average molecular weight is 398 g/mol. The van der Waals surface area contributed by atoms with E-state index in [9.17, 15) is 23.1 Å². The van der Waals surface area contributed by atoms with Crippen LogP contribution in [-0.4, -0.2) is 75.8 Å². The first-order valence-corrected chi connectivity index (χ1v) is 10.7. The van der Waals surface area contributed by atoms with Crippen molar-refractivity contribution in [3.05, 3.63) is 23.8 Å². The summed E-state index contributed by atoms with van der Waals surface area (Å²) in [6.07, 6.45) is 1.90. The van der Waals surface area contributed by atoms with Crippen molar-refractivity contribution >= 4 is 33.3 Å². The van der Waals surface area contributed by atoms with Gasteiger partial charge in [0.15, 0.2) is 0 Å². The molecule has 0 atom stereocenters. The first-order valence-electron chi connectivity index (χ1n) is 8.78. The Hall–Kier alpha value is -2.33. The molecule has 1 fully saturated rings. The highest BCUT2D eigenvalue weighted by molar-refractivity contribution is 7.92. The van der Waals surface area contributed by atoms with E-state index < -0.39 is 16.0 Å². The van der Waals surface area contributed by atoms with E-state index in [0.717, 1.165) is 12.7 Å². The van der Waals surface area contributed by atoms with Crippen LogP contribution in [-0.2, 0) is 14.8 Å². The number of anilines is 2. The van der Waals surface area contributed by atoms with Crippen LogP contribution in [0.1, 0.15) is 23.7 Å². The summed E-state index contributed by atoms with van der Waals surface area (Å²) in [5.74, 6) is -1.13. The van der Waals surface area contributed by atoms with Gasteiger partial charge in [-0.2, -0.15) is 0 Å². The van der Waals surface area contributed by atoms with Crippen molar-refractivity contribution in [3.8, 4) is 0 Å². The van der Waals surface area contributed by atoms with Gasteiger partial charge in [-0.1, -0.05) is 6.92 Å². The second-order valence-electron chi connectivity index (χ2n) is 6.52. The standard InChI is InChI=1S/C17H26N4O5S/c1-3-6-18-16(22)12-20-7-9-21(10-8-20)15-5-4-13(19-27(2,25)26)11-14(15)17(23)24/h4-5,11,19H,3,6-10,12H2,1-2H3,(H,18,22)(H,23,24). The quantitative estimate of drug-likeness (QED) is 0.580. The molecule has 3 N–H and O–H groups in total. The van der Waals surface area contributed by atoms with Gasteiger partial charge >= 0.3 is 5.97 Å². The number of piperazine rings is 1. The molecule has 0 aromatic heterocycles. The lowest BCUT2D eigenvalue weighted by Gasteiger charge is -2.36. The molecule has 0 aliphatic carbocycles. The number of benzene rings is 1. The molecule has 0 saturated carbocycles. The summed E-state index contributed by atoms with van der Waals surface area (Å²) in [4.78, 5) is 27.4. The highest BCUT2D eigenvalue weighted by Gasteiger charge is 2.23. The smallest absolute Gasteiger partial charge is 0.337 e. The first-order chi connectivity index (χ1) is 12.7. The zero-order chi connectivity index (χ0) is 20.0. The van der Waals surface area contributed by atoms with E-state index in [-0.39, 0.29) is 17.2 Å². The number of rotatable bonds is 8. The summed E-state index contributed by atoms with van der Waals surface area (Å²) in [6.45, 7) is 5.44. The summed E-state index contributed by atoms with van der Waals surface area (Å²) in [6, 6.07) is 4.48. The van der Waals surface area contributed by atoms with Crippen molar-refractivity contribution in [2.75, 3.05) is 55.1 Å². The monoisotopic (exact) mass is 398 g/mol. The van der Waals surface area contributed by atoms with Gasteiger partial charge in [0.05, 0.1) is 24.1 Å². The van der Waals surface area contributed by atoms with E-state index in [1.165, 1.54) is 6.07 Å². The van der Waals surface area contributed by atoms with Gasteiger partial charge in [-0.25, -0.2) is 13.2 Å². The van der Waals surface area contributed by atoms with Crippen LogP contribution in [0.5, 0.6) is 0 Å². The third-order valence-corrected chi connectivity index (χ3v) is 4.79. The second kappa shape index (κ2) is 9.05. The summed E-state index contributed by atoms with van der Waals surface area (Å²) < 4.78 is 25.0. The SMILES string of the molecule is CCCNC(=O)CN1CCN(c2ccc(NS(C)(=O)=O)cc2C(=O)O)CC1. The Labute approximate surface area is 159 Å².